The summed E-state index contributed by atoms with van der Waals surface area (Å²) < 4.78 is 0. The molecule has 0 radical (unpaired) electrons. The van der Waals surface area contributed by atoms with Crippen molar-refractivity contribution in [2.24, 2.45) is 5.73 Å². The van der Waals surface area contributed by atoms with Crippen LogP contribution in [0.1, 0.15) is 38.8 Å². The SMILES string of the molecule is CCc1cccc(CC)c1NC(C)(C)CN. The van der Waals surface area contributed by atoms with Crippen molar-refractivity contribution < 1.29 is 0 Å². The molecule has 1 aromatic rings. The van der Waals surface area contributed by atoms with E-state index in [0.717, 1.165) is 12.8 Å². The number of benzene rings is 1. The van der Waals surface area contributed by atoms with Gasteiger partial charge in [0.25, 0.3) is 0 Å². The summed E-state index contributed by atoms with van der Waals surface area (Å²) in [5.74, 6) is 0. The van der Waals surface area contributed by atoms with Crippen LogP contribution in [0.5, 0.6) is 0 Å². The summed E-state index contributed by atoms with van der Waals surface area (Å²) in [6, 6.07) is 6.51. The minimum Gasteiger partial charge on any atom is -0.378 e. The van der Waals surface area contributed by atoms with Crippen LogP contribution in [0.15, 0.2) is 18.2 Å². The third-order valence-electron chi connectivity index (χ3n) is 2.97. The molecule has 0 aliphatic carbocycles. The summed E-state index contributed by atoms with van der Waals surface area (Å²) in [7, 11) is 0. The van der Waals surface area contributed by atoms with E-state index >= 15 is 0 Å². The molecule has 0 fully saturated rings. The standard InChI is InChI=1S/C14H24N2/c1-5-11-8-7-9-12(6-2)13(11)16-14(3,4)10-15/h7-9,16H,5-6,10,15H2,1-4H3. The number of hydrogen-bond donors (Lipinski definition) is 2. The van der Waals surface area contributed by atoms with E-state index in [-0.39, 0.29) is 5.54 Å². The molecule has 0 saturated carbocycles. The Morgan fingerprint density at radius 1 is 1.12 bits per heavy atom. The van der Waals surface area contributed by atoms with Crippen LogP contribution in [0.4, 0.5) is 5.69 Å². The number of nitrogens with one attached hydrogen (secondary N) is 1. The lowest BCUT2D eigenvalue weighted by atomic mass is 9.99. The monoisotopic (exact) mass is 220 g/mol. The summed E-state index contributed by atoms with van der Waals surface area (Å²) in [6.45, 7) is 9.29. The van der Waals surface area contributed by atoms with Crippen molar-refractivity contribution in [1.82, 2.24) is 0 Å². The minimum atomic E-state index is -0.0464. The first-order chi connectivity index (χ1) is 7.54. The molecule has 0 bridgehead atoms. The van der Waals surface area contributed by atoms with Crippen LogP contribution in [0, 0.1) is 0 Å². The average Bonchev–Trinajstić information content (AvgIpc) is 2.29. The molecule has 0 spiro atoms. The van der Waals surface area contributed by atoms with E-state index in [1.807, 2.05) is 0 Å². The molecular formula is C14H24N2. The zero-order chi connectivity index (χ0) is 12.2. The zero-order valence-corrected chi connectivity index (χ0v) is 10.9. The van der Waals surface area contributed by atoms with Gasteiger partial charge in [0.2, 0.25) is 0 Å². The molecule has 0 aliphatic rings. The maximum atomic E-state index is 5.77. The third kappa shape index (κ3) is 2.99. The highest BCUT2D eigenvalue weighted by Crippen LogP contribution is 2.25. The lowest BCUT2D eigenvalue weighted by molar-refractivity contribution is 0.578. The highest BCUT2D eigenvalue weighted by Gasteiger charge is 2.17. The second kappa shape index (κ2) is 5.35. The molecule has 1 rings (SSSR count). The van der Waals surface area contributed by atoms with Gasteiger partial charge in [-0.25, -0.2) is 0 Å². The Kier molecular flexibility index (Phi) is 4.36. The average molecular weight is 220 g/mol. The maximum absolute atomic E-state index is 5.77. The molecule has 0 aliphatic heterocycles. The largest absolute Gasteiger partial charge is 0.378 e. The van der Waals surface area contributed by atoms with Gasteiger partial charge in [-0.3, -0.25) is 0 Å². The molecule has 16 heavy (non-hydrogen) atoms. The van der Waals surface area contributed by atoms with Crippen molar-refractivity contribution in [1.29, 1.82) is 0 Å². The molecule has 3 N–H and O–H groups in total. The molecule has 2 nitrogen and oxygen atoms in total. The predicted molar refractivity (Wildman–Crippen MR) is 72.0 cm³/mol. The number of para-hydroxylation sites is 1. The van der Waals surface area contributed by atoms with Crippen molar-refractivity contribution in [2.45, 2.75) is 46.1 Å². The fourth-order valence-corrected chi connectivity index (χ4v) is 1.79. The zero-order valence-electron chi connectivity index (χ0n) is 10.9. The van der Waals surface area contributed by atoms with E-state index in [1.165, 1.54) is 16.8 Å². The molecule has 0 heterocycles. The van der Waals surface area contributed by atoms with E-state index in [0.29, 0.717) is 6.54 Å². The molecule has 90 valence electrons. The topological polar surface area (TPSA) is 38.0 Å². The van der Waals surface area contributed by atoms with Gasteiger partial charge in [0.1, 0.15) is 0 Å². The molecule has 0 amide bonds. The van der Waals surface area contributed by atoms with Gasteiger partial charge in [-0.05, 0) is 37.8 Å². The van der Waals surface area contributed by atoms with Gasteiger partial charge in [-0.1, -0.05) is 32.0 Å². The summed E-state index contributed by atoms with van der Waals surface area (Å²) in [5.41, 5.74) is 9.76. The van der Waals surface area contributed by atoms with Crippen LogP contribution in [-0.2, 0) is 12.8 Å². The first kappa shape index (κ1) is 13.0. The number of aryl methyl sites for hydroxylation is 2. The van der Waals surface area contributed by atoms with Crippen molar-refractivity contribution in [3.05, 3.63) is 29.3 Å². The van der Waals surface area contributed by atoms with Crippen molar-refractivity contribution in [2.75, 3.05) is 11.9 Å². The fourth-order valence-electron chi connectivity index (χ4n) is 1.79. The molecular weight excluding hydrogens is 196 g/mol. The normalized spacial score (nSPS) is 11.6. The Morgan fingerprint density at radius 2 is 1.62 bits per heavy atom. The molecule has 0 unspecified atom stereocenters. The Morgan fingerprint density at radius 3 is 2.00 bits per heavy atom. The van der Waals surface area contributed by atoms with Crippen LogP contribution in [0.3, 0.4) is 0 Å². The quantitative estimate of drug-likeness (QED) is 0.800. The summed E-state index contributed by atoms with van der Waals surface area (Å²) in [5, 5.41) is 3.58. The van der Waals surface area contributed by atoms with Crippen molar-refractivity contribution in [3.8, 4) is 0 Å². The molecule has 0 aromatic heterocycles. The molecule has 2 heteroatoms. The van der Waals surface area contributed by atoms with Crippen molar-refractivity contribution in [3.63, 3.8) is 0 Å². The fraction of sp³-hybridized carbons (Fsp3) is 0.571. The van der Waals surface area contributed by atoms with E-state index in [1.54, 1.807) is 0 Å². The number of rotatable bonds is 5. The first-order valence-electron chi connectivity index (χ1n) is 6.13. The van der Waals surface area contributed by atoms with E-state index in [9.17, 15) is 0 Å². The lowest BCUT2D eigenvalue weighted by Gasteiger charge is -2.28. The van der Waals surface area contributed by atoms with Crippen LogP contribution < -0.4 is 11.1 Å². The van der Waals surface area contributed by atoms with Gasteiger partial charge in [0.05, 0.1) is 0 Å². The van der Waals surface area contributed by atoms with Crippen molar-refractivity contribution >= 4 is 5.69 Å². The number of hydrogen-bond acceptors (Lipinski definition) is 2. The second-order valence-electron chi connectivity index (χ2n) is 4.87. The lowest BCUT2D eigenvalue weighted by Crippen LogP contribution is -2.39. The van der Waals surface area contributed by atoms with Gasteiger partial charge in [0.15, 0.2) is 0 Å². The third-order valence-corrected chi connectivity index (χ3v) is 2.97. The second-order valence-corrected chi connectivity index (χ2v) is 4.87. The van der Waals surface area contributed by atoms with Crippen LogP contribution in [0.25, 0.3) is 0 Å². The smallest absolute Gasteiger partial charge is 0.0439 e. The van der Waals surface area contributed by atoms with E-state index in [2.05, 4.69) is 51.2 Å². The minimum absolute atomic E-state index is 0.0464. The molecule has 0 saturated heterocycles. The highest BCUT2D eigenvalue weighted by atomic mass is 15.0. The first-order valence-corrected chi connectivity index (χ1v) is 6.13. The Hall–Kier alpha value is -1.02. The summed E-state index contributed by atoms with van der Waals surface area (Å²) in [6.07, 6.45) is 2.10. The Bertz CT molecular complexity index is 320. The van der Waals surface area contributed by atoms with E-state index in [4.69, 9.17) is 5.73 Å². The Balaban J connectivity index is 3.09. The number of nitrogens with two attached hydrogens (primary N) is 1. The maximum Gasteiger partial charge on any atom is 0.0439 e. The highest BCUT2D eigenvalue weighted by molar-refractivity contribution is 5.59. The van der Waals surface area contributed by atoms with Gasteiger partial charge < -0.3 is 11.1 Å². The van der Waals surface area contributed by atoms with Gasteiger partial charge in [-0.15, -0.1) is 0 Å². The van der Waals surface area contributed by atoms with E-state index < -0.39 is 0 Å². The summed E-state index contributed by atoms with van der Waals surface area (Å²) in [4.78, 5) is 0. The predicted octanol–water partition coefficient (Wildman–Crippen LogP) is 2.96. The number of anilines is 1. The van der Waals surface area contributed by atoms with Gasteiger partial charge >= 0.3 is 0 Å². The van der Waals surface area contributed by atoms with Gasteiger partial charge in [0, 0.05) is 17.8 Å². The Labute approximate surface area is 99.2 Å². The van der Waals surface area contributed by atoms with Crippen LogP contribution >= 0.6 is 0 Å². The van der Waals surface area contributed by atoms with Crippen LogP contribution in [0.2, 0.25) is 0 Å². The molecule has 0 atom stereocenters. The summed E-state index contributed by atoms with van der Waals surface area (Å²) >= 11 is 0. The molecule has 1 aromatic carbocycles. The van der Waals surface area contributed by atoms with Crippen LogP contribution in [-0.4, -0.2) is 12.1 Å². The van der Waals surface area contributed by atoms with Gasteiger partial charge in [-0.2, -0.15) is 0 Å².